The molecule has 4 nitrogen and oxygen atoms in total. The second kappa shape index (κ2) is 5.14. The van der Waals surface area contributed by atoms with Crippen molar-refractivity contribution in [3.63, 3.8) is 0 Å². The van der Waals surface area contributed by atoms with Gasteiger partial charge in [-0.15, -0.1) is 0 Å². The molecular formula is C12H17FN2O2. The van der Waals surface area contributed by atoms with Crippen LogP contribution in [0.25, 0.3) is 0 Å². The lowest BCUT2D eigenvalue weighted by atomic mass is 10.0. The number of nitrogens with zero attached hydrogens (tertiary/aromatic N) is 1. The molecule has 0 fully saturated rings. The number of carbonyl (C=O) groups is 1. The van der Waals surface area contributed by atoms with Gasteiger partial charge in [-0.1, -0.05) is 6.07 Å². The number of carboxylic acids is 1. The van der Waals surface area contributed by atoms with Gasteiger partial charge >= 0.3 is 5.97 Å². The summed E-state index contributed by atoms with van der Waals surface area (Å²) in [5, 5.41) is 8.96. The average Bonchev–Trinajstić information content (AvgIpc) is 2.25. The summed E-state index contributed by atoms with van der Waals surface area (Å²) in [5.74, 6) is -1.43. The van der Waals surface area contributed by atoms with Gasteiger partial charge in [0.05, 0.1) is 0 Å². The fraction of sp³-hybridized carbons (Fsp3) is 0.417. The van der Waals surface area contributed by atoms with Gasteiger partial charge in [-0.25, -0.2) is 4.39 Å². The predicted molar refractivity (Wildman–Crippen MR) is 64.5 cm³/mol. The molecule has 1 aromatic rings. The van der Waals surface area contributed by atoms with Gasteiger partial charge in [0, 0.05) is 18.8 Å². The highest BCUT2D eigenvalue weighted by atomic mass is 19.1. The molecule has 17 heavy (non-hydrogen) atoms. The third-order valence-electron chi connectivity index (χ3n) is 2.56. The number of halogens is 1. The van der Waals surface area contributed by atoms with Crippen LogP contribution in [0.1, 0.15) is 13.8 Å². The zero-order valence-corrected chi connectivity index (χ0v) is 9.98. The summed E-state index contributed by atoms with van der Waals surface area (Å²) in [6.07, 6.45) is 0. The first-order chi connectivity index (χ1) is 7.86. The Balaban J connectivity index is 2.90. The standard InChI is InChI=1S/C12H17FN2O2/c1-3-15(8-12(2,14)11(16)17)10-6-4-5-9(13)7-10/h4-7H,3,8,14H2,1-2H3,(H,16,17). The molecule has 0 heterocycles. The number of aliphatic carboxylic acids is 1. The molecule has 5 heteroatoms. The Hall–Kier alpha value is -1.62. The fourth-order valence-electron chi connectivity index (χ4n) is 1.52. The zero-order valence-electron chi connectivity index (χ0n) is 9.98. The molecule has 94 valence electrons. The van der Waals surface area contributed by atoms with E-state index in [9.17, 15) is 9.18 Å². The molecule has 0 radical (unpaired) electrons. The van der Waals surface area contributed by atoms with E-state index >= 15 is 0 Å². The summed E-state index contributed by atoms with van der Waals surface area (Å²) in [6, 6.07) is 6.02. The van der Waals surface area contributed by atoms with Crippen LogP contribution < -0.4 is 10.6 Å². The number of anilines is 1. The lowest BCUT2D eigenvalue weighted by Crippen LogP contribution is -2.54. The van der Waals surface area contributed by atoms with Crippen molar-refractivity contribution in [3.8, 4) is 0 Å². The van der Waals surface area contributed by atoms with Crippen molar-refractivity contribution in [2.75, 3.05) is 18.0 Å². The fourth-order valence-corrected chi connectivity index (χ4v) is 1.52. The molecule has 1 aromatic carbocycles. The molecule has 0 saturated heterocycles. The van der Waals surface area contributed by atoms with Crippen LogP contribution in [0.5, 0.6) is 0 Å². The second-order valence-electron chi connectivity index (χ2n) is 4.22. The highest BCUT2D eigenvalue weighted by Gasteiger charge is 2.30. The van der Waals surface area contributed by atoms with E-state index in [0.29, 0.717) is 12.2 Å². The van der Waals surface area contributed by atoms with Crippen molar-refractivity contribution in [2.24, 2.45) is 5.73 Å². The van der Waals surface area contributed by atoms with E-state index in [4.69, 9.17) is 10.8 Å². The molecule has 0 aromatic heterocycles. The molecule has 1 atom stereocenters. The van der Waals surface area contributed by atoms with Crippen molar-refractivity contribution in [2.45, 2.75) is 19.4 Å². The van der Waals surface area contributed by atoms with Crippen LogP contribution in [-0.4, -0.2) is 29.7 Å². The number of nitrogens with two attached hydrogens (primary N) is 1. The predicted octanol–water partition coefficient (Wildman–Crippen LogP) is 1.45. The van der Waals surface area contributed by atoms with E-state index in [2.05, 4.69) is 0 Å². The monoisotopic (exact) mass is 240 g/mol. The molecule has 0 bridgehead atoms. The van der Waals surface area contributed by atoms with Crippen LogP contribution in [-0.2, 0) is 4.79 Å². The van der Waals surface area contributed by atoms with Gasteiger partial charge in [0.25, 0.3) is 0 Å². The topological polar surface area (TPSA) is 66.6 Å². The first-order valence-electron chi connectivity index (χ1n) is 5.39. The van der Waals surface area contributed by atoms with Crippen molar-refractivity contribution in [1.29, 1.82) is 0 Å². The average molecular weight is 240 g/mol. The zero-order chi connectivity index (χ0) is 13.1. The lowest BCUT2D eigenvalue weighted by Gasteiger charge is -2.30. The van der Waals surface area contributed by atoms with E-state index in [0.717, 1.165) is 0 Å². The van der Waals surface area contributed by atoms with Gasteiger partial charge in [0.1, 0.15) is 11.4 Å². The molecule has 0 amide bonds. The summed E-state index contributed by atoms with van der Waals surface area (Å²) >= 11 is 0. The van der Waals surface area contributed by atoms with Gasteiger partial charge in [-0.2, -0.15) is 0 Å². The number of hydrogen-bond acceptors (Lipinski definition) is 3. The van der Waals surface area contributed by atoms with E-state index in [1.54, 1.807) is 17.0 Å². The molecule has 0 aliphatic rings. The number of benzene rings is 1. The minimum atomic E-state index is -1.36. The Kier molecular flexibility index (Phi) is 4.07. The van der Waals surface area contributed by atoms with E-state index in [-0.39, 0.29) is 12.4 Å². The molecule has 0 saturated carbocycles. The number of rotatable bonds is 5. The van der Waals surface area contributed by atoms with Crippen LogP contribution >= 0.6 is 0 Å². The number of likely N-dealkylation sites (N-methyl/N-ethyl adjacent to an activating group) is 1. The minimum absolute atomic E-state index is 0.127. The van der Waals surface area contributed by atoms with Crippen LogP contribution in [0.4, 0.5) is 10.1 Å². The van der Waals surface area contributed by atoms with Crippen LogP contribution in [0.15, 0.2) is 24.3 Å². The smallest absolute Gasteiger partial charge is 0.325 e. The van der Waals surface area contributed by atoms with Crippen LogP contribution in [0.2, 0.25) is 0 Å². The van der Waals surface area contributed by atoms with Gasteiger partial charge in [-0.3, -0.25) is 4.79 Å². The Labute approximate surface area is 99.8 Å². The summed E-state index contributed by atoms with van der Waals surface area (Å²) in [7, 11) is 0. The maximum Gasteiger partial charge on any atom is 0.325 e. The molecule has 0 spiro atoms. The maximum atomic E-state index is 13.1. The van der Waals surface area contributed by atoms with Crippen LogP contribution in [0, 0.1) is 5.82 Å². The molecule has 0 aliphatic heterocycles. The maximum absolute atomic E-state index is 13.1. The molecule has 3 N–H and O–H groups in total. The number of hydrogen-bond donors (Lipinski definition) is 2. The lowest BCUT2D eigenvalue weighted by molar-refractivity contribution is -0.142. The molecule has 1 rings (SSSR count). The van der Waals surface area contributed by atoms with Gasteiger partial charge in [0.15, 0.2) is 0 Å². The molecular weight excluding hydrogens is 223 g/mol. The summed E-state index contributed by atoms with van der Waals surface area (Å²) < 4.78 is 13.1. The van der Waals surface area contributed by atoms with Crippen molar-refractivity contribution >= 4 is 11.7 Å². The van der Waals surface area contributed by atoms with Gasteiger partial charge in [-0.05, 0) is 32.0 Å². The first kappa shape index (κ1) is 13.4. The van der Waals surface area contributed by atoms with E-state index in [1.165, 1.54) is 19.1 Å². The Morgan fingerprint density at radius 3 is 2.71 bits per heavy atom. The minimum Gasteiger partial charge on any atom is -0.480 e. The SMILES string of the molecule is CCN(CC(C)(N)C(=O)O)c1cccc(F)c1. The third kappa shape index (κ3) is 3.42. The van der Waals surface area contributed by atoms with E-state index in [1.807, 2.05) is 6.92 Å². The van der Waals surface area contributed by atoms with Crippen molar-refractivity contribution in [1.82, 2.24) is 0 Å². The Morgan fingerprint density at radius 2 is 2.24 bits per heavy atom. The van der Waals surface area contributed by atoms with Crippen LogP contribution in [0.3, 0.4) is 0 Å². The van der Waals surface area contributed by atoms with Crippen molar-refractivity contribution < 1.29 is 14.3 Å². The highest BCUT2D eigenvalue weighted by Crippen LogP contribution is 2.17. The number of carboxylic acid groups (broad SMARTS) is 1. The first-order valence-corrected chi connectivity index (χ1v) is 5.39. The molecule has 0 aliphatic carbocycles. The largest absolute Gasteiger partial charge is 0.480 e. The normalized spacial score (nSPS) is 14.1. The van der Waals surface area contributed by atoms with Gasteiger partial charge in [0.2, 0.25) is 0 Å². The third-order valence-corrected chi connectivity index (χ3v) is 2.56. The highest BCUT2D eigenvalue weighted by molar-refractivity contribution is 5.79. The van der Waals surface area contributed by atoms with Crippen molar-refractivity contribution in [3.05, 3.63) is 30.1 Å². The Morgan fingerprint density at radius 1 is 1.59 bits per heavy atom. The Bertz CT molecular complexity index is 407. The summed E-state index contributed by atoms with van der Waals surface area (Å²) in [6.45, 7) is 3.99. The summed E-state index contributed by atoms with van der Waals surface area (Å²) in [5.41, 5.74) is 4.95. The van der Waals surface area contributed by atoms with E-state index < -0.39 is 11.5 Å². The second-order valence-corrected chi connectivity index (χ2v) is 4.22. The van der Waals surface area contributed by atoms with Gasteiger partial charge < -0.3 is 15.7 Å². The molecule has 1 unspecified atom stereocenters. The summed E-state index contributed by atoms with van der Waals surface area (Å²) in [4.78, 5) is 12.7. The quantitative estimate of drug-likeness (QED) is 0.817.